The highest BCUT2D eigenvalue weighted by Crippen LogP contribution is 2.22. The Balaban J connectivity index is 1.42. The average molecular weight is 346 g/mol. The molecule has 1 aliphatic rings. The van der Waals surface area contributed by atoms with Crippen LogP contribution >= 0.6 is 0 Å². The molecule has 0 amide bonds. The molecule has 2 heterocycles. The van der Waals surface area contributed by atoms with Gasteiger partial charge < -0.3 is 4.57 Å². The molecule has 26 heavy (non-hydrogen) atoms. The lowest BCUT2D eigenvalue weighted by Gasteiger charge is -2.16. The lowest BCUT2D eigenvalue weighted by molar-refractivity contribution is 0.303. The highest BCUT2D eigenvalue weighted by atomic mass is 15.2. The van der Waals surface area contributed by atoms with E-state index in [0.29, 0.717) is 0 Å². The highest BCUT2D eigenvalue weighted by Gasteiger charge is 2.18. The molecular weight excluding hydrogens is 320 g/mol. The second-order valence-electron chi connectivity index (χ2n) is 7.26. The molecule has 134 valence electrons. The van der Waals surface area contributed by atoms with E-state index in [0.717, 1.165) is 30.8 Å². The van der Waals surface area contributed by atoms with Crippen LogP contribution in [0.4, 0.5) is 0 Å². The molecule has 0 spiro atoms. The lowest BCUT2D eigenvalue weighted by Crippen LogP contribution is -2.20. The maximum absolute atomic E-state index is 4.89. The summed E-state index contributed by atoms with van der Waals surface area (Å²) < 4.78 is 2.30. The Kier molecular flexibility index (Phi) is 4.85. The number of benzene rings is 1. The first kappa shape index (κ1) is 17.0. The van der Waals surface area contributed by atoms with Crippen molar-refractivity contribution in [2.45, 2.75) is 38.8 Å². The van der Waals surface area contributed by atoms with E-state index in [4.69, 9.17) is 4.98 Å². The zero-order valence-electron chi connectivity index (χ0n) is 15.7. The summed E-state index contributed by atoms with van der Waals surface area (Å²) in [4.78, 5) is 11.8. The topological polar surface area (TPSA) is 34.0 Å². The van der Waals surface area contributed by atoms with Crippen LogP contribution in [0.5, 0.6) is 0 Å². The molecule has 3 aromatic rings. The van der Waals surface area contributed by atoms with E-state index in [1.54, 1.807) is 0 Å². The maximum atomic E-state index is 4.89. The van der Waals surface area contributed by atoms with Crippen LogP contribution < -0.4 is 0 Å². The molecule has 4 heteroatoms. The zero-order valence-corrected chi connectivity index (χ0v) is 15.7. The summed E-state index contributed by atoms with van der Waals surface area (Å²) in [6.07, 6.45) is 6.84. The van der Waals surface area contributed by atoms with Crippen molar-refractivity contribution in [1.82, 2.24) is 19.4 Å². The molecular formula is C22H26N4. The number of pyridine rings is 1. The van der Waals surface area contributed by atoms with E-state index in [-0.39, 0.29) is 0 Å². The number of imidazole rings is 1. The minimum Gasteiger partial charge on any atom is -0.334 e. The fraction of sp³-hybridized carbons (Fsp3) is 0.364. The Bertz CT molecular complexity index is 865. The lowest BCUT2D eigenvalue weighted by atomic mass is 10.0. The molecule has 4 rings (SSSR count). The summed E-state index contributed by atoms with van der Waals surface area (Å²) in [6.45, 7) is 1.68. The third-order valence-electron chi connectivity index (χ3n) is 5.24. The predicted molar refractivity (Wildman–Crippen MR) is 105 cm³/mol. The highest BCUT2D eigenvalue weighted by molar-refractivity contribution is 5.62. The van der Waals surface area contributed by atoms with Gasteiger partial charge in [-0.2, -0.15) is 0 Å². The Morgan fingerprint density at radius 3 is 2.50 bits per heavy atom. The van der Waals surface area contributed by atoms with Crippen LogP contribution in [0.25, 0.3) is 11.1 Å². The summed E-state index contributed by atoms with van der Waals surface area (Å²) in [7, 11) is 4.30. The van der Waals surface area contributed by atoms with E-state index < -0.39 is 0 Å². The van der Waals surface area contributed by atoms with Gasteiger partial charge >= 0.3 is 0 Å². The number of fused-ring (bicyclic) bond motifs is 1. The van der Waals surface area contributed by atoms with Crippen molar-refractivity contribution >= 4 is 0 Å². The molecule has 1 aromatic carbocycles. The smallest absolute Gasteiger partial charge is 0.123 e. The van der Waals surface area contributed by atoms with E-state index in [2.05, 4.69) is 64.9 Å². The van der Waals surface area contributed by atoms with Crippen molar-refractivity contribution in [3.05, 3.63) is 71.6 Å². The van der Waals surface area contributed by atoms with E-state index in [1.165, 1.54) is 42.0 Å². The molecule has 0 fully saturated rings. The van der Waals surface area contributed by atoms with Crippen LogP contribution in [0.15, 0.2) is 48.7 Å². The fourth-order valence-electron chi connectivity index (χ4n) is 3.78. The maximum Gasteiger partial charge on any atom is 0.123 e. The van der Waals surface area contributed by atoms with Crippen LogP contribution in [0.3, 0.4) is 0 Å². The van der Waals surface area contributed by atoms with Gasteiger partial charge in [0.15, 0.2) is 0 Å². The average Bonchev–Trinajstić information content (AvgIpc) is 2.99. The first-order valence-electron chi connectivity index (χ1n) is 9.43. The molecule has 0 atom stereocenters. The Morgan fingerprint density at radius 1 is 0.962 bits per heavy atom. The molecule has 2 aromatic heterocycles. The monoisotopic (exact) mass is 346 g/mol. The first-order chi connectivity index (χ1) is 12.7. The summed E-state index contributed by atoms with van der Waals surface area (Å²) in [5.74, 6) is 1.17. The molecule has 0 radical (unpaired) electrons. The van der Waals surface area contributed by atoms with E-state index >= 15 is 0 Å². The quantitative estimate of drug-likeness (QED) is 0.700. The van der Waals surface area contributed by atoms with Gasteiger partial charge in [0.25, 0.3) is 0 Å². The minimum absolute atomic E-state index is 0.826. The summed E-state index contributed by atoms with van der Waals surface area (Å²) in [5.41, 5.74) is 6.20. The van der Waals surface area contributed by atoms with Crippen LogP contribution in [0, 0.1) is 0 Å². The van der Waals surface area contributed by atoms with Crippen LogP contribution in [-0.2, 0) is 33.0 Å². The molecule has 4 nitrogen and oxygen atoms in total. The molecule has 0 aliphatic heterocycles. The third kappa shape index (κ3) is 3.56. The van der Waals surface area contributed by atoms with E-state index in [1.807, 2.05) is 12.3 Å². The van der Waals surface area contributed by atoms with Crippen molar-refractivity contribution < 1.29 is 0 Å². The van der Waals surface area contributed by atoms with Gasteiger partial charge in [-0.3, -0.25) is 9.88 Å². The number of aryl methyl sites for hydroxylation is 1. The molecule has 0 saturated carbocycles. The minimum atomic E-state index is 0.826. The van der Waals surface area contributed by atoms with Crippen molar-refractivity contribution in [2.75, 3.05) is 7.05 Å². The zero-order chi connectivity index (χ0) is 17.9. The molecule has 0 unspecified atom stereocenters. The van der Waals surface area contributed by atoms with Crippen LogP contribution in [0.2, 0.25) is 0 Å². The summed E-state index contributed by atoms with van der Waals surface area (Å²) in [6, 6.07) is 14.7. The number of aromatic nitrogens is 3. The third-order valence-corrected chi connectivity index (χ3v) is 5.24. The fourth-order valence-corrected chi connectivity index (χ4v) is 3.78. The Labute approximate surface area is 155 Å². The second-order valence-corrected chi connectivity index (χ2v) is 7.26. The number of rotatable bonds is 5. The predicted octanol–water partition coefficient (Wildman–Crippen LogP) is 3.99. The van der Waals surface area contributed by atoms with Gasteiger partial charge in [0, 0.05) is 31.0 Å². The van der Waals surface area contributed by atoms with Crippen molar-refractivity contribution in [2.24, 2.45) is 7.05 Å². The Hall–Kier alpha value is -2.46. The second kappa shape index (κ2) is 7.42. The van der Waals surface area contributed by atoms with Crippen LogP contribution in [-0.4, -0.2) is 26.5 Å². The molecule has 1 aliphatic carbocycles. The molecule has 0 saturated heterocycles. The standard InChI is InChI=1S/C22H26N4/c1-25(16-22-24-20-10-6-7-11-21(20)26(22)2)15-19-13-12-18(14-23-19)17-8-4-3-5-9-17/h3-5,8-9,12-14H,6-7,10-11,15-16H2,1-2H3. The molecule has 0 bridgehead atoms. The Morgan fingerprint density at radius 2 is 1.77 bits per heavy atom. The van der Waals surface area contributed by atoms with Gasteiger partial charge in [0.1, 0.15) is 5.82 Å². The van der Waals surface area contributed by atoms with Gasteiger partial charge in [-0.15, -0.1) is 0 Å². The SMILES string of the molecule is CN(Cc1ccc(-c2ccccc2)cn1)Cc1nc2c(n1C)CCCC2. The van der Waals surface area contributed by atoms with Gasteiger partial charge in [-0.25, -0.2) is 4.98 Å². The summed E-state index contributed by atoms with van der Waals surface area (Å²) in [5, 5.41) is 0. The summed E-state index contributed by atoms with van der Waals surface area (Å²) >= 11 is 0. The van der Waals surface area contributed by atoms with Gasteiger partial charge in [0.05, 0.1) is 17.9 Å². The van der Waals surface area contributed by atoms with Crippen molar-refractivity contribution in [3.8, 4) is 11.1 Å². The number of hydrogen-bond donors (Lipinski definition) is 0. The van der Waals surface area contributed by atoms with Crippen molar-refractivity contribution in [1.29, 1.82) is 0 Å². The largest absolute Gasteiger partial charge is 0.334 e. The number of nitrogens with zero attached hydrogens (tertiary/aromatic N) is 4. The van der Waals surface area contributed by atoms with E-state index in [9.17, 15) is 0 Å². The van der Waals surface area contributed by atoms with Gasteiger partial charge in [-0.1, -0.05) is 36.4 Å². The first-order valence-corrected chi connectivity index (χ1v) is 9.43. The van der Waals surface area contributed by atoms with Crippen molar-refractivity contribution in [3.63, 3.8) is 0 Å². The van der Waals surface area contributed by atoms with Gasteiger partial charge in [-0.05, 0) is 44.4 Å². The molecule has 0 N–H and O–H groups in total. The number of hydrogen-bond acceptors (Lipinski definition) is 3. The normalized spacial score (nSPS) is 13.8. The van der Waals surface area contributed by atoms with Gasteiger partial charge in [0.2, 0.25) is 0 Å². The van der Waals surface area contributed by atoms with Crippen LogP contribution in [0.1, 0.15) is 35.7 Å².